The van der Waals surface area contributed by atoms with Crippen molar-refractivity contribution in [3.63, 3.8) is 0 Å². The van der Waals surface area contributed by atoms with Gasteiger partial charge in [0.05, 0.1) is 0 Å². The summed E-state index contributed by atoms with van der Waals surface area (Å²) in [7, 11) is 0.768. The molecule has 1 aliphatic heterocycles. The molecule has 1 unspecified atom stereocenters. The first-order valence-electron chi connectivity index (χ1n) is 10.9. The highest BCUT2D eigenvalue weighted by atomic mass is 31.1. The summed E-state index contributed by atoms with van der Waals surface area (Å²) in [5.74, 6) is 0. The van der Waals surface area contributed by atoms with Crippen molar-refractivity contribution in [2.45, 2.75) is 12.8 Å². The molecule has 0 spiro atoms. The van der Waals surface area contributed by atoms with Gasteiger partial charge in [-0.1, -0.05) is 118 Å². The Morgan fingerprint density at radius 3 is 2.26 bits per heavy atom. The maximum Gasteiger partial charge on any atom is -0.00129 e. The third-order valence-electron chi connectivity index (χ3n) is 6.26. The standard InChI is InChI=1S/C30H23P/c1-2-8-24-18-22(12-13-23(24)7-1)16-21-6-5-10-25(17-21)26-14-15-30-28(19-26)20-27-9-3-4-11-29(27)31-30/h1-15,17-19,31H,16,20H2. The van der Waals surface area contributed by atoms with Gasteiger partial charge in [-0.05, 0) is 67.6 Å². The Bertz CT molecular complexity index is 1410. The monoisotopic (exact) mass is 414 g/mol. The van der Waals surface area contributed by atoms with Gasteiger partial charge in [0.15, 0.2) is 0 Å². The van der Waals surface area contributed by atoms with Crippen LogP contribution in [0.3, 0.4) is 0 Å². The molecule has 1 heteroatoms. The normalized spacial score (nSPS) is 13.2. The molecule has 0 saturated heterocycles. The highest BCUT2D eigenvalue weighted by Crippen LogP contribution is 2.29. The number of fused-ring (bicyclic) bond motifs is 3. The Labute approximate surface area is 185 Å². The van der Waals surface area contributed by atoms with Crippen LogP contribution in [0, 0.1) is 0 Å². The van der Waals surface area contributed by atoms with E-state index in [2.05, 4.69) is 109 Å². The van der Waals surface area contributed by atoms with Crippen LogP contribution in [0.15, 0.2) is 109 Å². The molecule has 0 aliphatic carbocycles. The van der Waals surface area contributed by atoms with Crippen molar-refractivity contribution in [1.29, 1.82) is 0 Å². The molecule has 1 aliphatic rings. The Morgan fingerprint density at radius 1 is 0.516 bits per heavy atom. The van der Waals surface area contributed by atoms with Gasteiger partial charge < -0.3 is 0 Å². The zero-order valence-electron chi connectivity index (χ0n) is 17.3. The lowest BCUT2D eigenvalue weighted by Gasteiger charge is -2.20. The molecule has 0 radical (unpaired) electrons. The second-order valence-corrected chi connectivity index (χ2v) is 9.72. The molecular formula is C30H23P. The maximum atomic E-state index is 2.41. The Hall–Kier alpha value is -3.21. The van der Waals surface area contributed by atoms with Crippen LogP contribution < -0.4 is 10.6 Å². The molecule has 0 amide bonds. The van der Waals surface area contributed by atoms with Gasteiger partial charge in [0.2, 0.25) is 0 Å². The largest absolute Gasteiger partial charge is 0.0619 e. The minimum atomic E-state index is 0.768. The van der Waals surface area contributed by atoms with Gasteiger partial charge in [0, 0.05) is 0 Å². The number of hydrogen-bond donors (Lipinski definition) is 0. The van der Waals surface area contributed by atoms with Crippen LogP contribution in [0.25, 0.3) is 21.9 Å². The first-order valence-corrected chi connectivity index (χ1v) is 11.9. The minimum absolute atomic E-state index is 0.768. The van der Waals surface area contributed by atoms with Crippen molar-refractivity contribution >= 4 is 30.0 Å². The van der Waals surface area contributed by atoms with Gasteiger partial charge in [0.1, 0.15) is 0 Å². The van der Waals surface area contributed by atoms with Crippen LogP contribution in [-0.4, -0.2) is 0 Å². The average molecular weight is 414 g/mol. The van der Waals surface area contributed by atoms with Crippen LogP contribution in [0.1, 0.15) is 22.3 Å². The summed E-state index contributed by atoms with van der Waals surface area (Å²) in [6.07, 6.45) is 2.00. The first kappa shape index (κ1) is 18.6. The lowest BCUT2D eigenvalue weighted by Crippen LogP contribution is -2.19. The van der Waals surface area contributed by atoms with Crippen LogP contribution in [0.2, 0.25) is 0 Å². The van der Waals surface area contributed by atoms with Crippen LogP contribution >= 0.6 is 8.58 Å². The SMILES string of the molecule is c1cc(Cc2ccc3ccccc3c2)cc(-c2ccc3c(c2)Cc2ccccc2P3)c1. The van der Waals surface area contributed by atoms with E-state index < -0.39 is 0 Å². The number of hydrogen-bond acceptors (Lipinski definition) is 0. The lowest BCUT2D eigenvalue weighted by molar-refractivity contribution is 1.20. The second kappa shape index (κ2) is 7.80. The van der Waals surface area contributed by atoms with Crippen molar-refractivity contribution < 1.29 is 0 Å². The Morgan fingerprint density at radius 2 is 1.29 bits per heavy atom. The molecule has 1 heterocycles. The van der Waals surface area contributed by atoms with E-state index >= 15 is 0 Å². The van der Waals surface area contributed by atoms with E-state index in [4.69, 9.17) is 0 Å². The molecule has 5 aromatic carbocycles. The van der Waals surface area contributed by atoms with E-state index in [0.29, 0.717) is 0 Å². The number of rotatable bonds is 3. The van der Waals surface area contributed by atoms with E-state index in [1.165, 1.54) is 54.8 Å². The fourth-order valence-corrected chi connectivity index (χ4v) is 5.92. The van der Waals surface area contributed by atoms with Crippen LogP contribution in [0.4, 0.5) is 0 Å². The topological polar surface area (TPSA) is 0 Å². The van der Waals surface area contributed by atoms with E-state index in [1.807, 2.05) is 0 Å². The quantitative estimate of drug-likeness (QED) is 0.285. The average Bonchev–Trinajstić information content (AvgIpc) is 2.82. The fraction of sp³-hybridized carbons (Fsp3) is 0.0667. The lowest BCUT2D eigenvalue weighted by atomic mass is 9.95. The smallest absolute Gasteiger partial charge is 0.00129 e. The summed E-state index contributed by atoms with van der Waals surface area (Å²) in [4.78, 5) is 0. The van der Waals surface area contributed by atoms with Crippen LogP contribution in [-0.2, 0) is 12.8 Å². The molecule has 0 bridgehead atoms. The summed E-state index contributed by atoms with van der Waals surface area (Å²) in [5, 5.41) is 5.61. The molecule has 6 rings (SSSR count). The summed E-state index contributed by atoms with van der Waals surface area (Å²) >= 11 is 0. The molecule has 1 atom stereocenters. The molecule has 0 fully saturated rings. The molecule has 0 nitrogen and oxygen atoms in total. The third kappa shape index (κ3) is 3.69. The van der Waals surface area contributed by atoms with Gasteiger partial charge in [-0.15, -0.1) is 0 Å². The van der Waals surface area contributed by atoms with Gasteiger partial charge in [-0.25, -0.2) is 0 Å². The predicted octanol–water partition coefficient (Wildman–Crippen LogP) is 6.63. The van der Waals surface area contributed by atoms with Crippen LogP contribution in [0.5, 0.6) is 0 Å². The summed E-state index contributed by atoms with van der Waals surface area (Å²) in [6, 6.07) is 40.4. The van der Waals surface area contributed by atoms with Crippen molar-refractivity contribution in [1.82, 2.24) is 0 Å². The van der Waals surface area contributed by atoms with E-state index in [1.54, 1.807) is 0 Å². The maximum absolute atomic E-state index is 2.41. The van der Waals surface area contributed by atoms with Gasteiger partial charge in [0.25, 0.3) is 0 Å². The van der Waals surface area contributed by atoms with Crippen molar-refractivity contribution in [2.75, 3.05) is 0 Å². The molecule has 148 valence electrons. The second-order valence-electron chi connectivity index (χ2n) is 8.39. The van der Waals surface area contributed by atoms with E-state index in [0.717, 1.165) is 21.4 Å². The Kier molecular flexibility index (Phi) is 4.67. The summed E-state index contributed by atoms with van der Waals surface area (Å²) < 4.78 is 0. The van der Waals surface area contributed by atoms with Gasteiger partial charge in [-0.2, -0.15) is 0 Å². The molecule has 5 aromatic rings. The predicted molar refractivity (Wildman–Crippen MR) is 135 cm³/mol. The fourth-order valence-electron chi connectivity index (χ4n) is 4.63. The molecular weight excluding hydrogens is 391 g/mol. The number of benzene rings is 5. The molecule has 0 N–H and O–H groups in total. The zero-order valence-corrected chi connectivity index (χ0v) is 18.3. The third-order valence-corrected chi connectivity index (χ3v) is 7.77. The summed E-state index contributed by atoms with van der Waals surface area (Å²) in [6.45, 7) is 0. The van der Waals surface area contributed by atoms with E-state index in [9.17, 15) is 0 Å². The van der Waals surface area contributed by atoms with Crippen molar-refractivity contribution in [3.05, 3.63) is 131 Å². The zero-order chi connectivity index (χ0) is 20.6. The highest BCUT2D eigenvalue weighted by Gasteiger charge is 2.15. The van der Waals surface area contributed by atoms with Gasteiger partial charge >= 0.3 is 0 Å². The van der Waals surface area contributed by atoms with Crippen molar-refractivity contribution in [3.8, 4) is 11.1 Å². The first-order chi connectivity index (χ1) is 15.3. The molecule has 31 heavy (non-hydrogen) atoms. The van der Waals surface area contributed by atoms with Gasteiger partial charge in [-0.3, -0.25) is 0 Å². The minimum Gasteiger partial charge on any atom is -0.0619 e. The van der Waals surface area contributed by atoms with E-state index in [-0.39, 0.29) is 0 Å². The highest BCUT2D eigenvalue weighted by molar-refractivity contribution is 7.55. The molecule has 0 saturated carbocycles. The van der Waals surface area contributed by atoms with Crippen molar-refractivity contribution in [2.24, 2.45) is 0 Å². The summed E-state index contributed by atoms with van der Waals surface area (Å²) in [5.41, 5.74) is 8.31. The Balaban J connectivity index is 1.29. The molecule has 0 aromatic heterocycles.